The topological polar surface area (TPSA) is 69.3 Å². The van der Waals surface area contributed by atoms with E-state index < -0.39 is 0 Å². The Bertz CT molecular complexity index is 1000. The molecule has 2 aromatic rings. The molecule has 1 aromatic carbocycles. The number of carbonyl (C=O) groups excluding carboxylic acids is 2. The van der Waals surface area contributed by atoms with Crippen molar-refractivity contribution in [1.82, 2.24) is 15.1 Å². The maximum absolute atomic E-state index is 13.7. The molecule has 0 unspecified atom stereocenters. The van der Waals surface area contributed by atoms with Crippen molar-refractivity contribution in [3.8, 4) is 0 Å². The first-order valence-electron chi connectivity index (χ1n) is 12.7. The largest absolute Gasteiger partial charge is 0.342 e. The van der Waals surface area contributed by atoms with Gasteiger partial charge in [-0.2, -0.15) is 5.10 Å². The third kappa shape index (κ3) is 3.68. The molecule has 1 N–H and O–H groups in total. The SMILES string of the molecule is CN(C(=O)c1cc(C2CCN(C(=O)C34CC5CC(CC(C5)C3)C4)CC2)[nH]n1)c1ccccc1. The van der Waals surface area contributed by atoms with Crippen LogP contribution in [0.4, 0.5) is 5.69 Å². The Morgan fingerprint density at radius 3 is 2.21 bits per heavy atom. The number of hydrogen-bond acceptors (Lipinski definition) is 3. The van der Waals surface area contributed by atoms with E-state index in [1.54, 1.807) is 11.9 Å². The third-order valence-corrected chi connectivity index (χ3v) is 8.98. The van der Waals surface area contributed by atoms with Crippen LogP contribution in [0.15, 0.2) is 36.4 Å². The fourth-order valence-corrected chi connectivity index (χ4v) is 7.70. The number of likely N-dealkylation sites (tertiary alicyclic amines) is 1. The highest BCUT2D eigenvalue weighted by atomic mass is 16.2. The number of rotatable bonds is 4. The van der Waals surface area contributed by atoms with Gasteiger partial charge in [0.25, 0.3) is 5.91 Å². The van der Waals surface area contributed by atoms with E-state index in [1.165, 1.54) is 19.3 Å². The number of hydrogen-bond donors (Lipinski definition) is 1. The molecule has 6 heteroatoms. The molecule has 4 bridgehead atoms. The van der Waals surface area contributed by atoms with Gasteiger partial charge in [-0.1, -0.05) is 18.2 Å². The quantitative estimate of drug-likeness (QED) is 0.746. The molecule has 4 aliphatic carbocycles. The first-order valence-corrected chi connectivity index (χ1v) is 12.7. The Morgan fingerprint density at radius 1 is 1.00 bits per heavy atom. The summed E-state index contributed by atoms with van der Waals surface area (Å²) >= 11 is 0. The van der Waals surface area contributed by atoms with E-state index in [2.05, 4.69) is 15.1 Å². The standard InChI is InChI=1S/C27H34N4O2/c1-30(22-5-3-2-4-6-22)25(32)24-14-23(28-29-24)21-7-9-31(10-8-21)26(33)27-15-18-11-19(16-27)13-20(12-18)17-27/h2-6,14,18-21H,7-13,15-17H2,1H3,(H,28,29). The van der Waals surface area contributed by atoms with E-state index in [9.17, 15) is 9.59 Å². The second kappa shape index (κ2) is 8.00. The number of piperidine rings is 1. The number of H-pyrrole nitrogens is 1. The van der Waals surface area contributed by atoms with Crippen molar-refractivity contribution in [2.24, 2.45) is 23.2 Å². The number of anilines is 1. The summed E-state index contributed by atoms with van der Waals surface area (Å²) in [7, 11) is 1.78. The van der Waals surface area contributed by atoms with Crippen molar-refractivity contribution >= 4 is 17.5 Å². The van der Waals surface area contributed by atoms with E-state index in [-0.39, 0.29) is 11.3 Å². The molecule has 5 fully saturated rings. The number of nitrogens with one attached hydrogen (secondary N) is 1. The van der Waals surface area contributed by atoms with Crippen LogP contribution in [0, 0.1) is 23.2 Å². The second-order valence-electron chi connectivity index (χ2n) is 11.2. The molecule has 0 spiro atoms. The number of carbonyl (C=O) groups is 2. The highest BCUT2D eigenvalue weighted by Gasteiger charge is 2.55. The molecular formula is C27H34N4O2. The lowest BCUT2D eigenvalue weighted by atomic mass is 9.49. The predicted octanol–water partition coefficient (Wildman–Crippen LogP) is 4.61. The maximum Gasteiger partial charge on any atom is 0.278 e. The number of aromatic amines is 1. The fourth-order valence-electron chi connectivity index (χ4n) is 7.70. The molecule has 0 atom stereocenters. The minimum atomic E-state index is -0.113. The summed E-state index contributed by atoms with van der Waals surface area (Å²) in [4.78, 5) is 30.3. The lowest BCUT2D eigenvalue weighted by Gasteiger charge is -2.57. The van der Waals surface area contributed by atoms with Gasteiger partial charge in [0.15, 0.2) is 5.69 Å². The summed E-state index contributed by atoms with van der Waals surface area (Å²) in [5.74, 6) is 3.05. The smallest absolute Gasteiger partial charge is 0.278 e. The van der Waals surface area contributed by atoms with Crippen LogP contribution in [0.25, 0.3) is 0 Å². The molecule has 0 radical (unpaired) electrons. The van der Waals surface area contributed by atoms with Crippen molar-refractivity contribution in [3.05, 3.63) is 47.8 Å². The average molecular weight is 447 g/mol. The predicted molar refractivity (Wildman–Crippen MR) is 127 cm³/mol. The van der Waals surface area contributed by atoms with Gasteiger partial charge in [0.2, 0.25) is 5.91 Å². The monoisotopic (exact) mass is 446 g/mol. The van der Waals surface area contributed by atoms with Gasteiger partial charge in [-0.05, 0) is 87.3 Å². The molecular weight excluding hydrogens is 412 g/mol. The Balaban J connectivity index is 1.09. The van der Waals surface area contributed by atoms with Gasteiger partial charge < -0.3 is 9.80 Å². The molecule has 4 saturated carbocycles. The molecule has 174 valence electrons. The van der Waals surface area contributed by atoms with E-state index in [0.29, 0.717) is 17.5 Å². The summed E-state index contributed by atoms with van der Waals surface area (Å²) in [6.45, 7) is 1.63. The minimum Gasteiger partial charge on any atom is -0.342 e. The summed E-state index contributed by atoms with van der Waals surface area (Å²) in [6, 6.07) is 11.5. The normalized spacial score (nSPS) is 31.1. The van der Waals surface area contributed by atoms with E-state index in [4.69, 9.17) is 0 Å². The zero-order chi connectivity index (χ0) is 22.6. The Hall–Kier alpha value is -2.63. The molecule has 2 amide bonds. The Labute approximate surface area is 195 Å². The number of para-hydroxylation sites is 1. The average Bonchev–Trinajstić information content (AvgIpc) is 3.33. The van der Waals surface area contributed by atoms with Gasteiger partial charge in [-0.3, -0.25) is 14.7 Å². The zero-order valence-corrected chi connectivity index (χ0v) is 19.5. The summed E-state index contributed by atoms with van der Waals surface area (Å²) in [6.07, 6.45) is 9.39. The Kier molecular flexibility index (Phi) is 5.07. The van der Waals surface area contributed by atoms with Crippen LogP contribution in [0.1, 0.15) is 73.5 Å². The van der Waals surface area contributed by atoms with Crippen molar-refractivity contribution in [2.45, 2.75) is 57.3 Å². The lowest BCUT2D eigenvalue weighted by Crippen LogP contribution is -2.55. The number of nitrogens with zero attached hydrogens (tertiary/aromatic N) is 3. The maximum atomic E-state index is 13.7. The molecule has 5 aliphatic rings. The van der Waals surface area contributed by atoms with Crippen molar-refractivity contribution in [1.29, 1.82) is 0 Å². The molecule has 1 saturated heterocycles. The lowest BCUT2D eigenvalue weighted by molar-refractivity contribution is -0.158. The van der Waals surface area contributed by atoms with Gasteiger partial charge in [0.05, 0.1) is 5.41 Å². The first kappa shape index (κ1) is 20.9. The van der Waals surface area contributed by atoms with Crippen LogP contribution >= 0.6 is 0 Å². The van der Waals surface area contributed by atoms with Gasteiger partial charge in [-0.25, -0.2) is 0 Å². The first-order chi connectivity index (χ1) is 16.0. The zero-order valence-electron chi connectivity index (χ0n) is 19.5. The van der Waals surface area contributed by atoms with Gasteiger partial charge in [0, 0.05) is 37.4 Å². The van der Waals surface area contributed by atoms with Crippen molar-refractivity contribution in [3.63, 3.8) is 0 Å². The van der Waals surface area contributed by atoms with Crippen LogP contribution in [0.3, 0.4) is 0 Å². The highest BCUT2D eigenvalue weighted by molar-refractivity contribution is 6.04. The summed E-state index contributed by atoms with van der Waals surface area (Å²) < 4.78 is 0. The molecule has 2 heterocycles. The van der Waals surface area contributed by atoms with Crippen molar-refractivity contribution < 1.29 is 9.59 Å². The molecule has 1 aromatic heterocycles. The van der Waals surface area contributed by atoms with Gasteiger partial charge in [0.1, 0.15) is 0 Å². The summed E-state index contributed by atoms with van der Waals surface area (Å²) in [5, 5.41) is 7.44. The Morgan fingerprint density at radius 2 is 1.61 bits per heavy atom. The molecule has 1 aliphatic heterocycles. The molecule has 6 nitrogen and oxygen atoms in total. The number of aromatic nitrogens is 2. The molecule has 33 heavy (non-hydrogen) atoms. The van der Waals surface area contributed by atoms with Crippen LogP contribution in [0.5, 0.6) is 0 Å². The van der Waals surface area contributed by atoms with E-state index in [0.717, 1.165) is 74.3 Å². The van der Waals surface area contributed by atoms with Crippen LogP contribution in [0.2, 0.25) is 0 Å². The third-order valence-electron chi connectivity index (χ3n) is 8.98. The van der Waals surface area contributed by atoms with Crippen LogP contribution in [-0.2, 0) is 4.79 Å². The highest BCUT2D eigenvalue weighted by Crippen LogP contribution is 2.60. The van der Waals surface area contributed by atoms with Crippen molar-refractivity contribution in [2.75, 3.05) is 25.0 Å². The van der Waals surface area contributed by atoms with Crippen LogP contribution < -0.4 is 4.90 Å². The minimum absolute atomic E-state index is 0.0445. The second-order valence-corrected chi connectivity index (χ2v) is 11.2. The molecule has 7 rings (SSSR count). The van der Waals surface area contributed by atoms with E-state index >= 15 is 0 Å². The van der Waals surface area contributed by atoms with Crippen LogP contribution in [-0.4, -0.2) is 47.0 Å². The van der Waals surface area contributed by atoms with E-state index in [1.807, 2.05) is 36.4 Å². The fraction of sp³-hybridized carbons (Fsp3) is 0.593. The summed E-state index contributed by atoms with van der Waals surface area (Å²) in [5.41, 5.74) is 2.27. The van der Waals surface area contributed by atoms with Gasteiger partial charge in [-0.15, -0.1) is 0 Å². The van der Waals surface area contributed by atoms with Gasteiger partial charge >= 0.3 is 0 Å². The number of amides is 2. The number of benzene rings is 1.